The third-order valence-corrected chi connectivity index (χ3v) is 7.40. The molecule has 5 heteroatoms. The summed E-state index contributed by atoms with van der Waals surface area (Å²) < 4.78 is 3.20. The summed E-state index contributed by atoms with van der Waals surface area (Å²) in [6.45, 7) is 5.97. The van der Waals surface area contributed by atoms with E-state index in [-0.39, 0.29) is 5.91 Å². The number of nitrogens with zero attached hydrogens (tertiary/aromatic N) is 2. The van der Waals surface area contributed by atoms with E-state index < -0.39 is 0 Å². The summed E-state index contributed by atoms with van der Waals surface area (Å²) in [7, 11) is 0. The fourth-order valence-corrected chi connectivity index (χ4v) is 5.38. The molecule has 2 aliphatic rings. The summed E-state index contributed by atoms with van der Waals surface area (Å²) in [6, 6.07) is 8.57. The molecule has 1 N–H and O–H groups in total. The van der Waals surface area contributed by atoms with Gasteiger partial charge < -0.3 is 14.8 Å². The molecule has 146 valence electrons. The highest BCUT2D eigenvalue weighted by Gasteiger charge is 2.24. The van der Waals surface area contributed by atoms with Gasteiger partial charge in [0.1, 0.15) is 6.54 Å². The first-order chi connectivity index (χ1) is 13.1. The van der Waals surface area contributed by atoms with Gasteiger partial charge in [0.2, 0.25) is 5.91 Å². The maximum Gasteiger partial charge on any atom is 0.240 e. The van der Waals surface area contributed by atoms with Crippen LogP contribution < -0.4 is 5.32 Å². The molecular formula is C22H30BrN3O. The number of fused-ring (bicyclic) bond motifs is 1. The van der Waals surface area contributed by atoms with Crippen molar-refractivity contribution in [2.24, 2.45) is 5.92 Å². The fourth-order valence-electron chi connectivity index (χ4n) is 4.83. The Morgan fingerprint density at radius 2 is 1.85 bits per heavy atom. The highest BCUT2D eigenvalue weighted by molar-refractivity contribution is 9.10. The fraction of sp³-hybridized carbons (Fsp3) is 0.591. The Morgan fingerprint density at radius 1 is 1.15 bits per heavy atom. The number of carbonyl (C=O) groups excluding carboxylic acids is 1. The van der Waals surface area contributed by atoms with E-state index in [1.807, 2.05) is 12.1 Å². The first-order valence-electron chi connectivity index (χ1n) is 10.4. The Hall–Kier alpha value is -1.33. The molecule has 1 aromatic heterocycles. The number of hydrogen-bond acceptors (Lipinski definition) is 2. The number of benzene rings is 1. The topological polar surface area (TPSA) is 37.3 Å². The number of rotatable bonds is 5. The lowest BCUT2D eigenvalue weighted by molar-refractivity contribution is -0.122. The molecule has 0 radical (unpaired) electrons. The van der Waals surface area contributed by atoms with E-state index in [0.717, 1.165) is 47.5 Å². The van der Waals surface area contributed by atoms with Crippen molar-refractivity contribution in [3.8, 4) is 0 Å². The molecule has 4 rings (SSSR count). The number of likely N-dealkylation sites (tertiary alicyclic amines) is 1. The van der Waals surface area contributed by atoms with Crippen molar-refractivity contribution in [2.75, 3.05) is 19.6 Å². The van der Waals surface area contributed by atoms with Gasteiger partial charge in [0, 0.05) is 46.7 Å². The van der Waals surface area contributed by atoms with Crippen LogP contribution in [-0.2, 0) is 11.3 Å². The van der Waals surface area contributed by atoms with Gasteiger partial charge in [0.05, 0.1) is 0 Å². The second-order valence-corrected chi connectivity index (χ2v) is 9.09. The smallest absolute Gasteiger partial charge is 0.240 e. The molecule has 1 saturated carbocycles. The number of para-hydroxylation sites is 1. The van der Waals surface area contributed by atoms with Crippen LogP contribution in [0, 0.1) is 12.8 Å². The molecule has 4 nitrogen and oxygen atoms in total. The first kappa shape index (κ1) is 19.0. The second kappa shape index (κ2) is 8.36. The van der Waals surface area contributed by atoms with E-state index in [1.165, 1.54) is 37.6 Å². The van der Waals surface area contributed by atoms with Gasteiger partial charge in [-0.05, 0) is 60.5 Å². The van der Waals surface area contributed by atoms with Crippen molar-refractivity contribution >= 4 is 32.7 Å². The summed E-state index contributed by atoms with van der Waals surface area (Å²) in [5.74, 6) is 1.04. The molecule has 2 fully saturated rings. The quantitative estimate of drug-likeness (QED) is 0.757. The maximum absolute atomic E-state index is 12.7. The standard InChI is InChI=1S/C22H30BrN3O/c1-16-22(23)19-8-4-5-9-20(19)26(16)15-21(27)24-18-10-12-25(13-11-18)14-17-6-2-3-7-17/h4-5,8-9,17-18H,2-3,6-7,10-15H2,1H3,(H,24,27). The van der Waals surface area contributed by atoms with Gasteiger partial charge in [-0.2, -0.15) is 0 Å². The Balaban J connectivity index is 1.31. The van der Waals surface area contributed by atoms with Crippen LogP contribution >= 0.6 is 15.9 Å². The van der Waals surface area contributed by atoms with Crippen LogP contribution in [0.4, 0.5) is 0 Å². The average molecular weight is 432 g/mol. The van der Waals surface area contributed by atoms with Gasteiger partial charge in [0.25, 0.3) is 0 Å². The molecule has 1 amide bonds. The van der Waals surface area contributed by atoms with Crippen LogP contribution in [0.3, 0.4) is 0 Å². The van der Waals surface area contributed by atoms with Gasteiger partial charge >= 0.3 is 0 Å². The summed E-state index contributed by atoms with van der Waals surface area (Å²) in [6.07, 6.45) is 7.81. The van der Waals surface area contributed by atoms with Crippen molar-refractivity contribution in [1.82, 2.24) is 14.8 Å². The Bertz CT molecular complexity index is 801. The predicted octanol–water partition coefficient (Wildman–Crippen LogP) is 4.48. The van der Waals surface area contributed by atoms with E-state index in [4.69, 9.17) is 0 Å². The van der Waals surface area contributed by atoms with Crippen molar-refractivity contribution in [1.29, 1.82) is 0 Å². The van der Waals surface area contributed by atoms with Gasteiger partial charge in [0.15, 0.2) is 0 Å². The highest BCUT2D eigenvalue weighted by atomic mass is 79.9. The SMILES string of the molecule is Cc1c(Br)c2ccccc2n1CC(=O)NC1CCN(CC2CCCC2)CC1. The summed E-state index contributed by atoms with van der Waals surface area (Å²) in [4.78, 5) is 15.3. The number of nitrogens with one attached hydrogen (secondary N) is 1. The van der Waals surface area contributed by atoms with Gasteiger partial charge in [-0.25, -0.2) is 0 Å². The number of carbonyl (C=O) groups is 1. The largest absolute Gasteiger partial charge is 0.352 e. The number of halogens is 1. The molecule has 1 aromatic carbocycles. The minimum Gasteiger partial charge on any atom is -0.352 e. The summed E-state index contributed by atoms with van der Waals surface area (Å²) >= 11 is 3.67. The molecule has 0 atom stereocenters. The molecule has 1 aliphatic carbocycles. The van der Waals surface area contributed by atoms with Crippen LogP contribution in [0.15, 0.2) is 28.7 Å². The summed E-state index contributed by atoms with van der Waals surface area (Å²) in [5.41, 5.74) is 2.22. The normalized spacial score (nSPS) is 19.8. The number of aromatic nitrogens is 1. The zero-order valence-electron chi connectivity index (χ0n) is 16.2. The third kappa shape index (κ3) is 4.24. The summed E-state index contributed by atoms with van der Waals surface area (Å²) in [5, 5.41) is 4.45. The van der Waals surface area contributed by atoms with Crippen molar-refractivity contribution in [3.05, 3.63) is 34.4 Å². The van der Waals surface area contributed by atoms with E-state index in [1.54, 1.807) is 0 Å². The van der Waals surface area contributed by atoms with Crippen LogP contribution in [0.1, 0.15) is 44.2 Å². The third-order valence-electron chi connectivity index (χ3n) is 6.40. The van der Waals surface area contributed by atoms with E-state index >= 15 is 0 Å². The number of piperidine rings is 1. The molecule has 1 aliphatic heterocycles. The van der Waals surface area contributed by atoms with Gasteiger partial charge in [-0.3, -0.25) is 4.79 Å². The van der Waals surface area contributed by atoms with Gasteiger partial charge in [-0.15, -0.1) is 0 Å². The van der Waals surface area contributed by atoms with Crippen LogP contribution in [0.5, 0.6) is 0 Å². The predicted molar refractivity (Wildman–Crippen MR) is 114 cm³/mol. The molecule has 2 heterocycles. The molecule has 0 bridgehead atoms. The molecule has 27 heavy (non-hydrogen) atoms. The monoisotopic (exact) mass is 431 g/mol. The Kier molecular flexibility index (Phi) is 5.88. The highest BCUT2D eigenvalue weighted by Crippen LogP contribution is 2.30. The minimum atomic E-state index is 0.126. The lowest BCUT2D eigenvalue weighted by atomic mass is 10.0. The first-order valence-corrected chi connectivity index (χ1v) is 11.2. The van der Waals surface area contributed by atoms with E-state index in [9.17, 15) is 4.79 Å². The maximum atomic E-state index is 12.7. The van der Waals surface area contributed by atoms with E-state index in [2.05, 4.69) is 49.8 Å². The molecule has 0 unspecified atom stereocenters. The van der Waals surface area contributed by atoms with Crippen LogP contribution in [-0.4, -0.2) is 41.1 Å². The van der Waals surface area contributed by atoms with Crippen molar-refractivity contribution in [3.63, 3.8) is 0 Å². The second-order valence-electron chi connectivity index (χ2n) is 8.30. The number of hydrogen-bond donors (Lipinski definition) is 1. The Labute approximate surface area is 170 Å². The van der Waals surface area contributed by atoms with Crippen molar-refractivity contribution in [2.45, 2.75) is 58.0 Å². The average Bonchev–Trinajstić information content (AvgIpc) is 3.27. The number of amides is 1. The van der Waals surface area contributed by atoms with Crippen LogP contribution in [0.2, 0.25) is 0 Å². The molecular weight excluding hydrogens is 402 g/mol. The zero-order chi connectivity index (χ0) is 18.8. The Morgan fingerprint density at radius 3 is 2.59 bits per heavy atom. The van der Waals surface area contributed by atoms with Crippen molar-refractivity contribution < 1.29 is 4.79 Å². The van der Waals surface area contributed by atoms with Crippen LogP contribution in [0.25, 0.3) is 10.9 Å². The minimum absolute atomic E-state index is 0.126. The lowest BCUT2D eigenvalue weighted by Crippen LogP contribution is -2.46. The molecule has 2 aromatic rings. The molecule has 1 saturated heterocycles. The zero-order valence-corrected chi connectivity index (χ0v) is 17.8. The molecule has 0 spiro atoms. The lowest BCUT2D eigenvalue weighted by Gasteiger charge is -2.33. The van der Waals surface area contributed by atoms with Gasteiger partial charge in [-0.1, -0.05) is 31.0 Å². The van der Waals surface area contributed by atoms with E-state index in [0.29, 0.717) is 12.6 Å².